The van der Waals surface area contributed by atoms with Crippen LogP contribution in [0.5, 0.6) is 0 Å². The number of carbonyl (C=O) groups excluding carboxylic acids is 3. The summed E-state index contributed by atoms with van der Waals surface area (Å²) < 4.78 is 0. The molecule has 1 heterocycles. The van der Waals surface area contributed by atoms with Gasteiger partial charge in [0.1, 0.15) is 6.04 Å². The summed E-state index contributed by atoms with van der Waals surface area (Å²) in [6.07, 6.45) is 5.63. The van der Waals surface area contributed by atoms with Gasteiger partial charge in [0.2, 0.25) is 17.7 Å². The number of aliphatic hydroxyl groups is 1. The van der Waals surface area contributed by atoms with Crippen LogP contribution in [0.25, 0.3) is 0 Å². The second kappa shape index (κ2) is 10.3. The fraction of sp³-hybridized carbons (Fsp3) is 0.560. The minimum absolute atomic E-state index is 0.0665. The molecule has 7 nitrogen and oxygen atoms in total. The van der Waals surface area contributed by atoms with E-state index in [9.17, 15) is 19.5 Å². The lowest BCUT2D eigenvalue weighted by atomic mass is 9.68. The highest BCUT2D eigenvalue weighted by atomic mass is 16.3. The van der Waals surface area contributed by atoms with Crippen molar-refractivity contribution >= 4 is 17.7 Å². The molecular weight excluding hydrogens is 406 g/mol. The third kappa shape index (κ3) is 4.44. The summed E-state index contributed by atoms with van der Waals surface area (Å²) in [5.74, 6) is -2.38. The molecule has 1 aromatic carbocycles. The van der Waals surface area contributed by atoms with Crippen LogP contribution in [0.4, 0.5) is 0 Å². The standard InChI is InChI=1S/C25H35N3O4/c1-5-9-17-12-13-18-21(20(17)23(30)26-4)25(32)28(22(18)24(31)27-15(2)3)19(14-29)16-10-7-6-8-11-16/h6-8,10-13,15,17-22,29H,5,9,14H2,1-4H3,(H,26,30)(H,27,31)/t17-,18+,19-,20-,21+,22+/m1/s1. The zero-order chi connectivity index (χ0) is 23.4. The molecule has 0 spiro atoms. The number of rotatable bonds is 8. The Morgan fingerprint density at radius 1 is 1.12 bits per heavy atom. The van der Waals surface area contributed by atoms with Crippen LogP contribution in [0.15, 0.2) is 42.5 Å². The number of nitrogens with one attached hydrogen (secondary N) is 2. The van der Waals surface area contributed by atoms with E-state index in [4.69, 9.17) is 0 Å². The van der Waals surface area contributed by atoms with E-state index in [1.807, 2.05) is 56.3 Å². The molecule has 0 unspecified atom stereocenters. The van der Waals surface area contributed by atoms with E-state index in [-0.39, 0.29) is 36.3 Å². The predicted octanol–water partition coefficient (Wildman–Crippen LogP) is 2.04. The molecule has 7 heteroatoms. The van der Waals surface area contributed by atoms with Crippen LogP contribution < -0.4 is 10.6 Å². The van der Waals surface area contributed by atoms with Gasteiger partial charge in [-0.25, -0.2) is 0 Å². The van der Waals surface area contributed by atoms with Crippen molar-refractivity contribution in [2.45, 2.75) is 51.7 Å². The highest BCUT2D eigenvalue weighted by molar-refractivity contribution is 5.97. The lowest BCUT2D eigenvalue weighted by Gasteiger charge is -2.34. The van der Waals surface area contributed by atoms with Crippen molar-refractivity contribution in [1.82, 2.24) is 15.5 Å². The SMILES string of the molecule is CCC[C@@H]1C=C[C@H]2[C@H](C(=O)N([C@H](CO)c3ccccc3)[C@@H]2C(=O)NC(C)C)[C@@H]1C(=O)NC. The van der Waals surface area contributed by atoms with E-state index < -0.39 is 29.8 Å². The van der Waals surface area contributed by atoms with Gasteiger partial charge < -0.3 is 20.6 Å². The second-order valence-electron chi connectivity index (χ2n) is 9.04. The smallest absolute Gasteiger partial charge is 0.243 e. The largest absolute Gasteiger partial charge is 0.394 e. The molecule has 3 amide bonds. The number of carbonyl (C=O) groups is 3. The van der Waals surface area contributed by atoms with Crippen LogP contribution in [0, 0.1) is 23.7 Å². The van der Waals surface area contributed by atoms with Crippen LogP contribution >= 0.6 is 0 Å². The van der Waals surface area contributed by atoms with E-state index in [0.717, 1.165) is 18.4 Å². The number of likely N-dealkylation sites (tertiary alicyclic amines) is 1. The van der Waals surface area contributed by atoms with Crippen molar-refractivity contribution < 1.29 is 19.5 Å². The molecule has 174 valence electrons. The van der Waals surface area contributed by atoms with Crippen LogP contribution in [-0.4, -0.2) is 53.5 Å². The number of allylic oxidation sites excluding steroid dienone is 1. The molecule has 0 aromatic heterocycles. The Morgan fingerprint density at radius 2 is 1.81 bits per heavy atom. The second-order valence-corrected chi connectivity index (χ2v) is 9.04. The maximum Gasteiger partial charge on any atom is 0.243 e. The van der Waals surface area contributed by atoms with Crippen molar-refractivity contribution in [2.24, 2.45) is 23.7 Å². The van der Waals surface area contributed by atoms with E-state index >= 15 is 0 Å². The molecule has 0 bridgehead atoms. The van der Waals surface area contributed by atoms with Crippen LogP contribution in [0.2, 0.25) is 0 Å². The third-order valence-corrected chi connectivity index (χ3v) is 6.61. The van der Waals surface area contributed by atoms with Crippen molar-refractivity contribution in [3.8, 4) is 0 Å². The molecule has 0 radical (unpaired) electrons. The summed E-state index contributed by atoms with van der Waals surface area (Å²) in [7, 11) is 1.58. The molecule has 2 aliphatic rings. The first kappa shape index (κ1) is 24.0. The highest BCUT2D eigenvalue weighted by Crippen LogP contribution is 2.47. The number of hydrogen-bond acceptors (Lipinski definition) is 4. The van der Waals surface area contributed by atoms with Gasteiger partial charge in [-0.2, -0.15) is 0 Å². The summed E-state index contributed by atoms with van der Waals surface area (Å²) in [5, 5.41) is 16.0. The summed E-state index contributed by atoms with van der Waals surface area (Å²) in [5.41, 5.74) is 0.759. The molecule has 1 aromatic rings. The Kier molecular flexibility index (Phi) is 7.72. The molecular formula is C25H35N3O4. The summed E-state index contributed by atoms with van der Waals surface area (Å²) in [6.45, 7) is 5.49. The quantitative estimate of drug-likeness (QED) is 0.538. The van der Waals surface area contributed by atoms with Gasteiger partial charge in [0, 0.05) is 19.0 Å². The van der Waals surface area contributed by atoms with Gasteiger partial charge in [0.25, 0.3) is 0 Å². The van der Waals surface area contributed by atoms with E-state index in [2.05, 4.69) is 17.6 Å². The van der Waals surface area contributed by atoms with Crippen molar-refractivity contribution in [3.05, 3.63) is 48.0 Å². The first-order valence-corrected chi connectivity index (χ1v) is 11.5. The highest BCUT2D eigenvalue weighted by Gasteiger charge is 2.58. The monoisotopic (exact) mass is 441 g/mol. The van der Waals surface area contributed by atoms with Crippen molar-refractivity contribution in [3.63, 3.8) is 0 Å². The Balaban J connectivity index is 2.10. The lowest BCUT2D eigenvalue weighted by molar-refractivity contribution is -0.143. The van der Waals surface area contributed by atoms with E-state index in [0.29, 0.717) is 0 Å². The van der Waals surface area contributed by atoms with Crippen LogP contribution in [0.3, 0.4) is 0 Å². The number of aliphatic hydroxyl groups excluding tert-OH is 1. The lowest BCUT2D eigenvalue weighted by Crippen LogP contribution is -2.50. The van der Waals surface area contributed by atoms with Gasteiger partial charge in [-0.05, 0) is 31.7 Å². The van der Waals surface area contributed by atoms with Crippen LogP contribution in [0.1, 0.15) is 45.2 Å². The summed E-state index contributed by atoms with van der Waals surface area (Å²) in [6, 6.07) is 7.70. The topological polar surface area (TPSA) is 98.7 Å². The van der Waals surface area contributed by atoms with Crippen LogP contribution in [-0.2, 0) is 14.4 Å². The fourth-order valence-corrected chi connectivity index (χ4v) is 5.31. The zero-order valence-corrected chi connectivity index (χ0v) is 19.3. The minimum Gasteiger partial charge on any atom is -0.394 e. The van der Waals surface area contributed by atoms with Gasteiger partial charge in [-0.1, -0.05) is 55.8 Å². The zero-order valence-electron chi connectivity index (χ0n) is 19.3. The first-order chi connectivity index (χ1) is 15.3. The Morgan fingerprint density at radius 3 is 2.38 bits per heavy atom. The Labute approximate surface area is 190 Å². The van der Waals surface area contributed by atoms with Gasteiger partial charge >= 0.3 is 0 Å². The molecule has 0 saturated carbocycles. The molecule has 3 rings (SSSR count). The molecule has 1 aliphatic heterocycles. The number of amides is 3. The molecule has 1 fully saturated rings. The minimum atomic E-state index is -0.793. The Bertz CT molecular complexity index is 854. The fourth-order valence-electron chi connectivity index (χ4n) is 5.31. The van der Waals surface area contributed by atoms with E-state index in [1.54, 1.807) is 7.05 Å². The van der Waals surface area contributed by atoms with Gasteiger partial charge in [-0.3, -0.25) is 14.4 Å². The molecule has 32 heavy (non-hydrogen) atoms. The third-order valence-electron chi connectivity index (χ3n) is 6.61. The molecule has 1 aliphatic carbocycles. The van der Waals surface area contributed by atoms with E-state index in [1.165, 1.54) is 4.90 Å². The summed E-state index contributed by atoms with van der Waals surface area (Å²) >= 11 is 0. The summed E-state index contributed by atoms with van der Waals surface area (Å²) in [4.78, 5) is 41.7. The van der Waals surface area contributed by atoms with Gasteiger partial charge in [0.15, 0.2) is 0 Å². The van der Waals surface area contributed by atoms with Gasteiger partial charge in [-0.15, -0.1) is 0 Å². The predicted molar refractivity (Wildman–Crippen MR) is 122 cm³/mol. The maximum absolute atomic E-state index is 13.9. The first-order valence-electron chi connectivity index (χ1n) is 11.5. The van der Waals surface area contributed by atoms with Crippen molar-refractivity contribution in [2.75, 3.05) is 13.7 Å². The van der Waals surface area contributed by atoms with Gasteiger partial charge in [0.05, 0.1) is 24.5 Å². The average molecular weight is 442 g/mol. The number of hydrogen-bond donors (Lipinski definition) is 3. The maximum atomic E-state index is 13.9. The normalized spacial score (nSPS) is 27.9. The Hall–Kier alpha value is -2.67. The molecule has 6 atom stereocenters. The number of benzene rings is 1. The number of nitrogens with zero attached hydrogens (tertiary/aromatic N) is 1. The van der Waals surface area contributed by atoms with Crippen molar-refractivity contribution in [1.29, 1.82) is 0 Å². The number of fused-ring (bicyclic) bond motifs is 1. The molecule has 3 N–H and O–H groups in total. The molecule has 1 saturated heterocycles. The average Bonchev–Trinajstić information content (AvgIpc) is 3.07.